The van der Waals surface area contributed by atoms with Gasteiger partial charge >= 0.3 is 0 Å². The van der Waals surface area contributed by atoms with Gasteiger partial charge in [-0.25, -0.2) is 5.43 Å². The van der Waals surface area contributed by atoms with Crippen molar-refractivity contribution in [3.63, 3.8) is 0 Å². The minimum Gasteiger partial charge on any atom is -0.326 e. The predicted molar refractivity (Wildman–Crippen MR) is 85.2 cm³/mol. The van der Waals surface area contributed by atoms with Crippen LogP contribution in [-0.4, -0.2) is 17.5 Å². The van der Waals surface area contributed by atoms with Crippen molar-refractivity contribution in [3.05, 3.63) is 29.8 Å². The van der Waals surface area contributed by atoms with Crippen LogP contribution in [0.25, 0.3) is 0 Å². The molecule has 1 rings (SSSR count). The molecule has 0 atom stereocenters. The monoisotopic (exact) mass is 289 g/mol. The average molecular weight is 289 g/mol. The van der Waals surface area contributed by atoms with Crippen LogP contribution in [0.1, 0.15) is 45.1 Å². The Balaban J connectivity index is 2.43. The zero-order valence-electron chi connectivity index (χ0n) is 12.9. The Morgan fingerprint density at radius 1 is 1.19 bits per heavy atom. The summed E-state index contributed by atoms with van der Waals surface area (Å²) in [5.41, 5.74) is 4.84. The van der Waals surface area contributed by atoms with Crippen LogP contribution in [0.3, 0.4) is 0 Å². The Bertz CT molecular complexity index is 524. The molecule has 0 aliphatic rings. The number of benzene rings is 1. The summed E-state index contributed by atoms with van der Waals surface area (Å²) >= 11 is 0. The van der Waals surface area contributed by atoms with Crippen molar-refractivity contribution in [1.82, 2.24) is 5.43 Å². The summed E-state index contributed by atoms with van der Waals surface area (Å²) in [5.74, 6) is -0.260. The molecule has 114 valence electrons. The second-order valence-electron chi connectivity index (χ2n) is 5.03. The van der Waals surface area contributed by atoms with E-state index in [4.69, 9.17) is 0 Å². The van der Waals surface area contributed by atoms with Crippen LogP contribution in [0.5, 0.6) is 0 Å². The molecule has 0 spiro atoms. The maximum absolute atomic E-state index is 11.9. The highest BCUT2D eigenvalue weighted by Gasteiger charge is 2.06. The summed E-state index contributed by atoms with van der Waals surface area (Å²) in [7, 11) is 0. The van der Waals surface area contributed by atoms with E-state index in [9.17, 15) is 9.59 Å². The van der Waals surface area contributed by atoms with Crippen molar-refractivity contribution in [3.8, 4) is 0 Å². The third-order valence-electron chi connectivity index (χ3n) is 2.96. The molecule has 0 aliphatic carbocycles. The molecular formula is C16H23N3O2. The average Bonchev–Trinajstić information content (AvgIpc) is 2.45. The number of hydrogen-bond acceptors (Lipinski definition) is 3. The second kappa shape index (κ2) is 8.89. The van der Waals surface area contributed by atoms with Gasteiger partial charge in [0.05, 0.1) is 6.42 Å². The molecule has 0 radical (unpaired) electrons. The van der Waals surface area contributed by atoms with Crippen LogP contribution in [0.2, 0.25) is 0 Å². The zero-order chi connectivity index (χ0) is 15.7. The van der Waals surface area contributed by atoms with E-state index in [0.717, 1.165) is 24.1 Å². The lowest BCUT2D eigenvalue weighted by Crippen LogP contribution is -2.21. The molecule has 21 heavy (non-hydrogen) atoms. The first-order valence-corrected chi connectivity index (χ1v) is 7.20. The van der Waals surface area contributed by atoms with Gasteiger partial charge in [-0.2, -0.15) is 5.10 Å². The number of nitrogens with zero attached hydrogens (tertiary/aromatic N) is 1. The number of nitrogens with one attached hydrogen (secondary N) is 2. The fourth-order valence-electron chi connectivity index (χ4n) is 1.73. The molecule has 0 aromatic heterocycles. The number of carbonyl (C=O) groups excluding carboxylic acids is 2. The predicted octanol–water partition coefficient (Wildman–Crippen LogP) is 3.01. The summed E-state index contributed by atoms with van der Waals surface area (Å²) in [6.45, 7) is 5.68. The number of aryl methyl sites for hydroxylation is 1. The lowest BCUT2D eigenvalue weighted by Gasteiger charge is -2.08. The number of anilines is 1. The van der Waals surface area contributed by atoms with Gasteiger partial charge in [-0.3, -0.25) is 9.59 Å². The first-order chi connectivity index (χ1) is 10.0. The summed E-state index contributed by atoms with van der Waals surface area (Å²) in [6, 6.07) is 7.58. The zero-order valence-corrected chi connectivity index (χ0v) is 12.9. The maximum Gasteiger partial charge on any atom is 0.240 e. The van der Waals surface area contributed by atoms with Gasteiger partial charge < -0.3 is 5.32 Å². The van der Waals surface area contributed by atoms with Crippen molar-refractivity contribution in [2.75, 3.05) is 5.32 Å². The Hall–Kier alpha value is -2.17. The topological polar surface area (TPSA) is 70.6 Å². The van der Waals surface area contributed by atoms with Gasteiger partial charge in [0.15, 0.2) is 0 Å². The van der Waals surface area contributed by atoms with E-state index in [1.54, 1.807) is 6.92 Å². The van der Waals surface area contributed by atoms with Crippen LogP contribution in [0, 0.1) is 6.92 Å². The Morgan fingerprint density at radius 2 is 1.90 bits per heavy atom. The summed E-state index contributed by atoms with van der Waals surface area (Å²) in [6.07, 6.45) is 2.42. The SMILES string of the molecule is CCCCC(=O)NN=C(C)CC(=O)Nc1ccccc1C. The lowest BCUT2D eigenvalue weighted by molar-refractivity contribution is -0.121. The van der Waals surface area contributed by atoms with Gasteiger partial charge in [0, 0.05) is 17.8 Å². The van der Waals surface area contributed by atoms with Crippen molar-refractivity contribution < 1.29 is 9.59 Å². The first kappa shape index (κ1) is 16.9. The molecule has 5 heteroatoms. The quantitative estimate of drug-likeness (QED) is 0.598. The van der Waals surface area contributed by atoms with Crippen molar-refractivity contribution in [2.24, 2.45) is 5.10 Å². The van der Waals surface area contributed by atoms with Crippen LogP contribution in [0.4, 0.5) is 5.69 Å². The van der Waals surface area contributed by atoms with E-state index in [1.165, 1.54) is 0 Å². The third kappa shape index (κ3) is 6.70. The minimum atomic E-state index is -0.145. The lowest BCUT2D eigenvalue weighted by atomic mass is 10.2. The van der Waals surface area contributed by atoms with E-state index in [1.807, 2.05) is 38.1 Å². The molecule has 5 nitrogen and oxygen atoms in total. The third-order valence-corrected chi connectivity index (χ3v) is 2.96. The van der Waals surface area contributed by atoms with Crippen molar-refractivity contribution >= 4 is 23.2 Å². The van der Waals surface area contributed by atoms with Gasteiger partial charge in [-0.1, -0.05) is 31.5 Å². The Kier molecular flexibility index (Phi) is 7.15. The van der Waals surface area contributed by atoms with Crippen LogP contribution in [0.15, 0.2) is 29.4 Å². The number of hydrazone groups is 1. The number of carbonyl (C=O) groups is 2. The molecule has 0 fully saturated rings. The summed E-state index contributed by atoms with van der Waals surface area (Å²) in [5, 5.41) is 6.77. The van der Waals surface area contributed by atoms with E-state index in [2.05, 4.69) is 15.8 Å². The smallest absolute Gasteiger partial charge is 0.240 e. The van der Waals surface area contributed by atoms with Gasteiger partial charge in [-0.15, -0.1) is 0 Å². The van der Waals surface area contributed by atoms with Crippen molar-refractivity contribution in [2.45, 2.75) is 46.5 Å². The molecule has 0 heterocycles. The highest BCUT2D eigenvalue weighted by molar-refractivity contribution is 6.05. The molecule has 0 aliphatic heterocycles. The minimum absolute atomic E-state index is 0.115. The summed E-state index contributed by atoms with van der Waals surface area (Å²) in [4.78, 5) is 23.3. The fraction of sp³-hybridized carbons (Fsp3) is 0.438. The highest BCUT2D eigenvalue weighted by atomic mass is 16.2. The van der Waals surface area contributed by atoms with Crippen LogP contribution in [-0.2, 0) is 9.59 Å². The standard InChI is InChI=1S/C16H23N3O2/c1-4-5-10-15(20)19-18-13(3)11-16(21)17-14-9-7-6-8-12(14)2/h6-9H,4-5,10-11H2,1-3H3,(H,17,21)(H,19,20). The number of amides is 2. The molecule has 2 N–H and O–H groups in total. The van der Waals surface area contributed by atoms with Gasteiger partial charge in [-0.05, 0) is 31.9 Å². The number of unbranched alkanes of at least 4 members (excludes halogenated alkanes) is 1. The van der Waals surface area contributed by atoms with E-state index in [0.29, 0.717) is 12.1 Å². The highest BCUT2D eigenvalue weighted by Crippen LogP contribution is 2.13. The molecule has 1 aromatic carbocycles. The molecule has 2 amide bonds. The van der Waals surface area contributed by atoms with Gasteiger partial charge in [0.2, 0.25) is 11.8 Å². The number of hydrogen-bond donors (Lipinski definition) is 2. The summed E-state index contributed by atoms with van der Waals surface area (Å²) < 4.78 is 0. The van der Waals surface area contributed by atoms with E-state index in [-0.39, 0.29) is 18.2 Å². The molecule has 0 unspecified atom stereocenters. The van der Waals surface area contributed by atoms with E-state index < -0.39 is 0 Å². The molecular weight excluding hydrogens is 266 g/mol. The van der Waals surface area contributed by atoms with Gasteiger partial charge in [0.25, 0.3) is 0 Å². The maximum atomic E-state index is 11.9. The first-order valence-electron chi connectivity index (χ1n) is 7.20. The molecule has 0 bridgehead atoms. The second-order valence-corrected chi connectivity index (χ2v) is 5.03. The Labute approximate surface area is 125 Å². The number of rotatable bonds is 7. The fourth-order valence-corrected chi connectivity index (χ4v) is 1.73. The molecule has 1 aromatic rings. The number of para-hydroxylation sites is 1. The molecule has 0 saturated carbocycles. The van der Waals surface area contributed by atoms with Gasteiger partial charge in [0.1, 0.15) is 0 Å². The van der Waals surface area contributed by atoms with Crippen LogP contribution < -0.4 is 10.7 Å². The van der Waals surface area contributed by atoms with Crippen molar-refractivity contribution in [1.29, 1.82) is 0 Å². The largest absolute Gasteiger partial charge is 0.326 e. The van der Waals surface area contributed by atoms with E-state index >= 15 is 0 Å². The van der Waals surface area contributed by atoms with Crippen LogP contribution >= 0.6 is 0 Å². The Morgan fingerprint density at radius 3 is 2.57 bits per heavy atom. The normalized spacial score (nSPS) is 11.1. The molecule has 0 saturated heterocycles.